The van der Waals surface area contributed by atoms with Gasteiger partial charge in [0.25, 0.3) is 0 Å². The van der Waals surface area contributed by atoms with Crippen molar-refractivity contribution in [1.29, 1.82) is 0 Å². The van der Waals surface area contributed by atoms with Gasteiger partial charge in [0.1, 0.15) is 30.2 Å². The van der Waals surface area contributed by atoms with Crippen LogP contribution in [0, 0.1) is 11.8 Å². The van der Waals surface area contributed by atoms with E-state index in [1.54, 1.807) is 12.1 Å². The Morgan fingerprint density at radius 3 is 2.16 bits per heavy atom. The van der Waals surface area contributed by atoms with Crippen LogP contribution in [0.4, 0.5) is 0 Å². The summed E-state index contributed by atoms with van der Waals surface area (Å²) in [6.07, 6.45) is -7.70. The maximum Gasteiger partial charge on any atom is 0.231 e. The van der Waals surface area contributed by atoms with Gasteiger partial charge < -0.3 is 58.3 Å². The molecule has 0 bridgehead atoms. The molecule has 38 heavy (non-hydrogen) atoms. The minimum atomic E-state index is -1.57. The summed E-state index contributed by atoms with van der Waals surface area (Å²) in [5.74, 6) is 2.73. The van der Waals surface area contributed by atoms with Crippen molar-refractivity contribution < 1.29 is 58.3 Å². The Labute approximate surface area is 217 Å². The van der Waals surface area contributed by atoms with Crippen molar-refractivity contribution in [3.8, 4) is 28.7 Å². The standard InChI is InChI=1S/C26H28O12/c27-6-20-21(28)22(29)23(30)26(38-20)37-16-5-19-18(35-10-36-19)4-12(16)25-14-8-31-24(13(14)7-32-25)11-1-2-15-17(3-11)34-9-33-15/h1-5,13-14,20-30H,6-10H2/t13?,14?,20-,21-,22+,23-,24?,25?,26-/m1/s1. The highest BCUT2D eigenvalue weighted by atomic mass is 16.7. The first-order valence-electron chi connectivity index (χ1n) is 12.6. The fraction of sp³-hybridized carbons (Fsp3) is 0.538. The lowest BCUT2D eigenvalue weighted by Crippen LogP contribution is -2.60. The number of hydrogen-bond donors (Lipinski definition) is 4. The van der Waals surface area contributed by atoms with E-state index in [-0.39, 0.29) is 31.5 Å². The Bertz CT molecular complexity index is 1200. The molecule has 4 unspecified atom stereocenters. The fourth-order valence-corrected chi connectivity index (χ4v) is 5.86. The van der Waals surface area contributed by atoms with E-state index in [4.69, 9.17) is 37.9 Å². The Morgan fingerprint density at radius 1 is 0.737 bits per heavy atom. The van der Waals surface area contributed by atoms with Crippen LogP contribution in [-0.4, -0.2) is 84.5 Å². The van der Waals surface area contributed by atoms with Gasteiger partial charge in [-0.15, -0.1) is 0 Å². The quantitative estimate of drug-likeness (QED) is 0.421. The zero-order chi connectivity index (χ0) is 26.0. The Morgan fingerprint density at radius 2 is 1.39 bits per heavy atom. The van der Waals surface area contributed by atoms with E-state index < -0.39 is 43.4 Å². The number of aliphatic hydroxyl groups is 4. The second-order valence-corrected chi connectivity index (χ2v) is 10.0. The van der Waals surface area contributed by atoms with Crippen LogP contribution >= 0.6 is 0 Å². The van der Waals surface area contributed by atoms with Gasteiger partial charge in [-0.25, -0.2) is 0 Å². The van der Waals surface area contributed by atoms with Gasteiger partial charge in [-0.2, -0.15) is 0 Å². The first kappa shape index (κ1) is 24.2. The third kappa shape index (κ3) is 3.87. The van der Waals surface area contributed by atoms with Crippen molar-refractivity contribution in [1.82, 2.24) is 0 Å². The van der Waals surface area contributed by atoms with Crippen molar-refractivity contribution in [2.45, 2.75) is 42.9 Å². The predicted octanol–water partition coefficient (Wildman–Crippen LogP) is 0.398. The van der Waals surface area contributed by atoms with Crippen molar-refractivity contribution in [2.75, 3.05) is 33.4 Å². The topological polar surface area (TPSA) is 155 Å². The van der Waals surface area contributed by atoms with Crippen LogP contribution in [-0.2, 0) is 14.2 Å². The maximum absolute atomic E-state index is 10.5. The molecule has 2 aromatic rings. The molecule has 5 heterocycles. The van der Waals surface area contributed by atoms with Crippen LogP contribution in [0.3, 0.4) is 0 Å². The summed E-state index contributed by atoms with van der Waals surface area (Å²) >= 11 is 0. The molecule has 12 heteroatoms. The van der Waals surface area contributed by atoms with E-state index in [0.717, 1.165) is 5.56 Å². The lowest BCUT2D eigenvalue weighted by molar-refractivity contribution is -0.277. The molecule has 0 aromatic heterocycles. The van der Waals surface area contributed by atoms with Crippen LogP contribution < -0.4 is 23.7 Å². The Kier molecular flexibility index (Phi) is 6.00. The molecular formula is C26H28O12. The highest BCUT2D eigenvalue weighted by molar-refractivity contribution is 5.53. The minimum Gasteiger partial charge on any atom is -0.461 e. The zero-order valence-electron chi connectivity index (χ0n) is 20.2. The molecule has 0 aliphatic carbocycles. The van der Waals surface area contributed by atoms with E-state index >= 15 is 0 Å². The molecule has 0 saturated carbocycles. The van der Waals surface area contributed by atoms with Gasteiger partial charge in [0.2, 0.25) is 19.9 Å². The summed E-state index contributed by atoms with van der Waals surface area (Å²) in [6.45, 7) is 0.575. The summed E-state index contributed by atoms with van der Waals surface area (Å²) in [7, 11) is 0. The van der Waals surface area contributed by atoms with E-state index in [1.165, 1.54) is 0 Å². The highest BCUT2D eigenvalue weighted by Gasteiger charge is 2.50. The van der Waals surface area contributed by atoms with Crippen LogP contribution in [0.5, 0.6) is 28.7 Å². The smallest absolute Gasteiger partial charge is 0.231 e. The SMILES string of the molecule is OC[C@H]1O[C@@H](Oc2cc3c(cc2C2OCC4C(c5ccc6c(c5)OCO6)OCC24)OCO3)[C@H](O)[C@@H](O)[C@@H]1O. The van der Waals surface area contributed by atoms with Crippen molar-refractivity contribution in [3.63, 3.8) is 0 Å². The zero-order valence-corrected chi connectivity index (χ0v) is 20.2. The molecular weight excluding hydrogens is 504 g/mol. The van der Waals surface area contributed by atoms with E-state index in [1.807, 2.05) is 18.2 Å². The molecule has 3 fully saturated rings. The molecule has 0 radical (unpaired) electrons. The number of ether oxygens (including phenoxy) is 8. The number of benzene rings is 2. The van der Waals surface area contributed by atoms with Crippen LogP contribution in [0.25, 0.3) is 0 Å². The Balaban J connectivity index is 1.17. The third-order valence-corrected chi connectivity index (χ3v) is 7.89. The van der Waals surface area contributed by atoms with Gasteiger partial charge in [0, 0.05) is 23.5 Å². The monoisotopic (exact) mass is 532 g/mol. The van der Waals surface area contributed by atoms with Crippen LogP contribution in [0.15, 0.2) is 30.3 Å². The summed E-state index contributed by atoms with van der Waals surface area (Å²) in [4.78, 5) is 0. The molecule has 4 N–H and O–H groups in total. The first-order valence-corrected chi connectivity index (χ1v) is 12.6. The van der Waals surface area contributed by atoms with Gasteiger partial charge in [-0.3, -0.25) is 0 Å². The summed E-state index contributed by atoms with van der Waals surface area (Å²) in [6, 6.07) is 9.20. The molecule has 3 saturated heterocycles. The molecule has 2 aromatic carbocycles. The average molecular weight is 532 g/mol. The molecule has 12 nitrogen and oxygen atoms in total. The van der Waals surface area contributed by atoms with Gasteiger partial charge in [-0.1, -0.05) is 6.07 Å². The van der Waals surface area contributed by atoms with E-state index in [2.05, 4.69) is 0 Å². The van der Waals surface area contributed by atoms with Crippen LogP contribution in [0.2, 0.25) is 0 Å². The van der Waals surface area contributed by atoms with Gasteiger partial charge in [0.15, 0.2) is 23.0 Å². The second-order valence-electron chi connectivity index (χ2n) is 10.0. The highest BCUT2D eigenvalue weighted by Crippen LogP contribution is 2.54. The molecule has 5 aliphatic rings. The number of hydrogen-bond acceptors (Lipinski definition) is 12. The Hall–Kier alpha value is -2.84. The largest absolute Gasteiger partial charge is 0.461 e. The summed E-state index contributed by atoms with van der Waals surface area (Å²) < 4.78 is 46.3. The predicted molar refractivity (Wildman–Crippen MR) is 124 cm³/mol. The van der Waals surface area contributed by atoms with Crippen molar-refractivity contribution in [3.05, 3.63) is 41.5 Å². The lowest BCUT2D eigenvalue weighted by Gasteiger charge is -2.40. The van der Waals surface area contributed by atoms with E-state index in [0.29, 0.717) is 47.5 Å². The molecule has 0 spiro atoms. The maximum atomic E-state index is 10.5. The third-order valence-electron chi connectivity index (χ3n) is 7.89. The summed E-state index contributed by atoms with van der Waals surface area (Å²) in [5.41, 5.74) is 1.63. The molecule has 204 valence electrons. The molecule has 5 aliphatic heterocycles. The van der Waals surface area contributed by atoms with Gasteiger partial charge in [0.05, 0.1) is 32.0 Å². The average Bonchev–Trinajstić information content (AvgIpc) is 3.72. The second kappa shape index (κ2) is 9.42. The fourth-order valence-electron chi connectivity index (χ4n) is 5.86. The van der Waals surface area contributed by atoms with Crippen LogP contribution in [0.1, 0.15) is 23.3 Å². The minimum absolute atomic E-state index is 0.0112. The number of rotatable bonds is 5. The van der Waals surface area contributed by atoms with Crippen molar-refractivity contribution in [2.24, 2.45) is 11.8 Å². The van der Waals surface area contributed by atoms with Crippen molar-refractivity contribution >= 4 is 0 Å². The van der Waals surface area contributed by atoms with Gasteiger partial charge in [-0.05, 0) is 23.8 Å². The molecule has 7 rings (SSSR count). The normalized spacial score (nSPS) is 36.9. The lowest BCUT2D eigenvalue weighted by atomic mass is 9.84. The summed E-state index contributed by atoms with van der Waals surface area (Å²) in [5, 5.41) is 40.5. The molecule has 0 amide bonds. The van der Waals surface area contributed by atoms with E-state index in [9.17, 15) is 20.4 Å². The number of fused-ring (bicyclic) bond motifs is 3. The van der Waals surface area contributed by atoms with Gasteiger partial charge >= 0.3 is 0 Å². The molecule has 9 atom stereocenters. The first-order chi connectivity index (χ1) is 18.5. The number of aliphatic hydroxyl groups excluding tert-OH is 4.